The van der Waals surface area contributed by atoms with Gasteiger partial charge in [-0.3, -0.25) is 4.79 Å². The lowest BCUT2D eigenvalue weighted by Crippen LogP contribution is -2.37. The van der Waals surface area contributed by atoms with Crippen molar-refractivity contribution in [2.75, 3.05) is 68.8 Å². The zero-order valence-electron chi connectivity index (χ0n) is 22.3. The van der Waals surface area contributed by atoms with Crippen LogP contribution >= 0.6 is 0 Å². The highest BCUT2D eigenvalue weighted by molar-refractivity contribution is 5.76. The Morgan fingerprint density at radius 2 is 1.44 bits per heavy atom. The fraction of sp³-hybridized carbons (Fsp3) is 0.536. The number of likely N-dealkylation sites (N-methyl/N-ethyl adjacent to an activating group) is 1. The van der Waals surface area contributed by atoms with Crippen molar-refractivity contribution >= 4 is 5.91 Å². The van der Waals surface area contributed by atoms with Crippen LogP contribution in [0, 0.1) is 0 Å². The Kier molecular flexibility index (Phi) is 8.14. The number of hydrogen-bond acceptors (Lipinski definition) is 7. The van der Waals surface area contributed by atoms with Gasteiger partial charge in [-0.05, 0) is 61.2 Å². The molecule has 1 aliphatic carbocycles. The minimum atomic E-state index is 0.204. The molecule has 1 amide bonds. The summed E-state index contributed by atoms with van der Waals surface area (Å²) in [6.45, 7) is 3.05. The van der Waals surface area contributed by atoms with Gasteiger partial charge in [-0.1, -0.05) is 0 Å². The molecule has 1 unspecified atom stereocenters. The molecule has 1 atom stereocenters. The van der Waals surface area contributed by atoms with Crippen molar-refractivity contribution in [3.05, 3.63) is 40.5 Å². The first-order chi connectivity index (χ1) is 17.4. The van der Waals surface area contributed by atoms with Gasteiger partial charge in [0.1, 0.15) is 0 Å². The molecule has 1 heterocycles. The summed E-state index contributed by atoms with van der Waals surface area (Å²) in [4.78, 5) is 17.3. The van der Waals surface area contributed by atoms with Gasteiger partial charge >= 0.3 is 0 Å². The van der Waals surface area contributed by atoms with Gasteiger partial charge in [0.15, 0.2) is 23.0 Å². The summed E-state index contributed by atoms with van der Waals surface area (Å²) in [5.41, 5.74) is 4.87. The van der Waals surface area contributed by atoms with Gasteiger partial charge in [0.2, 0.25) is 11.7 Å². The van der Waals surface area contributed by atoms with Gasteiger partial charge in [0.25, 0.3) is 0 Å². The highest BCUT2D eigenvalue weighted by atomic mass is 16.5. The topological polar surface area (TPSA) is 69.7 Å². The van der Waals surface area contributed by atoms with E-state index < -0.39 is 0 Å². The van der Waals surface area contributed by atoms with E-state index in [9.17, 15) is 4.79 Å². The molecule has 2 aromatic carbocycles. The summed E-state index contributed by atoms with van der Waals surface area (Å²) in [7, 11) is 10.3. The Balaban J connectivity index is 1.32. The molecular formula is C28H38N2O6. The van der Waals surface area contributed by atoms with E-state index in [1.807, 2.05) is 17.0 Å². The van der Waals surface area contributed by atoms with Crippen molar-refractivity contribution < 1.29 is 28.5 Å². The second kappa shape index (κ2) is 11.3. The van der Waals surface area contributed by atoms with Crippen LogP contribution in [0.5, 0.6) is 28.7 Å². The number of nitrogens with zero attached hydrogens (tertiary/aromatic N) is 2. The van der Waals surface area contributed by atoms with Crippen LogP contribution in [0.3, 0.4) is 0 Å². The summed E-state index contributed by atoms with van der Waals surface area (Å²) >= 11 is 0. The number of hydrogen-bond donors (Lipinski definition) is 0. The number of carbonyl (C=O) groups excluding carboxylic acids is 1. The van der Waals surface area contributed by atoms with Gasteiger partial charge in [0.05, 0.1) is 35.5 Å². The van der Waals surface area contributed by atoms with Gasteiger partial charge in [-0.25, -0.2) is 0 Å². The number of fused-ring (bicyclic) bond motifs is 2. The zero-order chi connectivity index (χ0) is 25.8. The van der Waals surface area contributed by atoms with Gasteiger partial charge < -0.3 is 33.5 Å². The van der Waals surface area contributed by atoms with Crippen molar-refractivity contribution in [2.24, 2.45) is 0 Å². The molecule has 0 aromatic heterocycles. The number of amides is 1. The van der Waals surface area contributed by atoms with Crippen LogP contribution in [0.1, 0.15) is 34.6 Å². The molecule has 4 rings (SSSR count). The number of rotatable bonds is 10. The fourth-order valence-electron chi connectivity index (χ4n) is 5.41. The fourth-order valence-corrected chi connectivity index (χ4v) is 5.41. The maximum atomic E-state index is 13.1. The van der Waals surface area contributed by atoms with Crippen molar-refractivity contribution in [2.45, 2.75) is 31.6 Å². The predicted molar refractivity (Wildman–Crippen MR) is 138 cm³/mol. The Morgan fingerprint density at radius 3 is 1.97 bits per heavy atom. The quantitative estimate of drug-likeness (QED) is 0.498. The van der Waals surface area contributed by atoms with Crippen molar-refractivity contribution in [3.8, 4) is 28.7 Å². The molecule has 2 aromatic rings. The standard InChI is InChI=1S/C28H38N2O6/c1-29(17-20-13-22-21(20)16-25(34-4)28(36-6)27(22)35-5)10-9-26(31)30-11-7-18-14-23(32-2)24(33-3)15-19(18)8-12-30/h14-16,20H,7-13,17H2,1-6H3. The average molecular weight is 499 g/mol. The summed E-state index contributed by atoms with van der Waals surface area (Å²) in [5.74, 6) is 4.16. The molecule has 0 N–H and O–H groups in total. The molecular weight excluding hydrogens is 460 g/mol. The van der Waals surface area contributed by atoms with Crippen LogP contribution in [0.2, 0.25) is 0 Å². The van der Waals surface area contributed by atoms with Crippen LogP contribution in [-0.4, -0.2) is 84.5 Å². The molecule has 1 aliphatic heterocycles. The maximum Gasteiger partial charge on any atom is 0.223 e. The SMILES string of the molecule is COc1cc2c(cc1OC)CCN(C(=O)CCN(C)CC1Cc3c1cc(OC)c(OC)c3OC)CC2. The molecule has 196 valence electrons. The molecule has 8 nitrogen and oxygen atoms in total. The van der Waals surface area contributed by atoms with Crippen LogP contribution in [0.4, 0.5) is 0 Å². The largest absolute Gasteiger partial charge is 0.493 e. The van der Waals surface area contributed by atoms with E-state index in [1.54, 1.807) is 35.5 Å². The third kappa shape index (κ3) is 5.05. The first-order valence-electron chi connectivity index (χ1n) is 12.5. The van der Waals surface area contributed by atoms with Gasteiger partial charge in [0, 0.05) is 44.1 Å². The highest BCUT2D eigenvalue weighted by Gasteiger charge is 2.34. The number of carbonyl (C=O) groups is 1. The Bertz CT molecular complexity index is 1070. The second-order valence-corrected chi connectivity index (χ2v) is 9.48. The number of ether oxygens (including phenoxy) is 5. The van der Waals surface area contributed by atoms with E-state index >= 15 is 0 Å². The predicted octanol–water partition coefficient (Wildman–Crippen LogP) is 3.32. The molecule has 0 spiro atoms. The molecule has 2 aliphatic rings. The molecule has 8 heteroatoms. The summed E-state index contributed by atoms with van der Waals surface area (Å²) in [6.07, 6.45) is 3.08. The average Bonchev–Trinajstić information content (AvgIpc) is 3.10. The molecule has 36 heavy (non-hydrogen) atoms. The highest BCUT2D eigenvalue weighted by Crippen LogP contribution is 2.50. The Morgan fingerprint density at radius 1 is 0.861 bits per heavy atom. The normalized spacial score (nSPS) is 16.4. The maximum absolute atomic E-state index is 13.1. The molecule has 0 bridgehead atoms. The molecule has 0 radical (unpaired) electrons. The van der Waals surface area contributed by atoms with E-state index in [2.05, 4.69) is 18.0 Å². The van der Waals surface area contributed by atoms with E-state index in [0.29, 0.717) is 23.8 Å². The first kappa shape index (κ1) is 25.9. The van der Waals surface area contributed by atoms with Crippen LogP contribution in [0.15, 0.2) is 18.2 Å². The van der Waals surface area contributed by atoms with Crippen LogP contribution in [0.25, 0.3) is 0 Å². The lowest BCUT2D eigenvalue weighted by Gasteiger charge is -2.35. The second-order valence-electron chi connectivity index (χ2n) is 9.48. The van der Waals surface area contributed by atoms with Crippen molar-refractivity contribution in [1.82, 2.24) is 9.80 Å². The summed E-state index contributed by atoms with van der Waals surface area (Å²) < 4.78 is 27.6. The third-order valence-electron chi connectivity index (χ3n) is 7.46. The Labute approximate surface area is 214 Å². The van der Waals surface area contributed by atoms with Crippen molar-refractivity contribution in [1.29, 1.82) is 0 Å². The first-order valence-corrected chi connectivity index (χ1v) is 12.5. The monoisotopic (exact) mass is 498 g/mol. The lowest BCUT2D eigenvalue weighted by molar-refractivity contribution is -0.131. The van der Waals surface area contributed by atoms with E-state index in [-0.39, 0.29) is 5.91 Å². The summed E-state index contributed by atoms with van der Waals surface area (Å²) in [5, 5.41) is 0. The van der Waals surface area contributed by atoms with E-state index in [1.165, 1.54) is 22.3 Å². The molecule has 0 fully saturated rings. The van der Waals surface area contributed by atoms with Crippen LogP contribution in [-0.2, 0) is 24.1 Å². The third-order valence-corrected chi connectivity index (χ3v) is 7.46. The molecule has 0 saturated carbocycles. The zero-order valence-corrected chi connectivity index (χ0v) is 22.3. The summed E-state index contributed by atoms with van der Waals surface area (Å²) in [6, 6.07) is 6.15. The van der Waals surface area contributed by atoms with Gasteiger partial charge in [-0.2, -0.15) is 0 Å². The minimum absolute atomic E-state index is 0.204. The minimum Gasteiger partial charge on any atom is -0.493 e. The van der Waals surface area contributed by atoms with Gasteiger partial charge in [-0.15, -0.1) is 0 Å². The van der Waals surface area contributed by atoms with Crippen LogP contribution < -0.4 is 23.7 Å². The van der Waals surface area contributed by atoms with Crippen molar-refractivity contribution in [3.63, 3.8) is 0 Å². The Hall–Kier alpha value is -3.13. The van der Waals surface area contributed by atoms with E-state index in [4.69, 9.17) is 23.7 Å². The molecule has 0 saturated heterocycles. The van der Waals surface area contributed by atoms with E-state index in [0.717, 1.165) is 62.7 Å². The lowest BCUT2D eigenvalue weighted by atomic mass is 9.76. The number of benzene rings is 2. The number of methoxy groups -OCH3 is 5. The smallest absolute Gasteiger partial charge is 0.223 e.